The molecule has 0 saturated carbocycles. The van der Waals surface area contributed by atoms with E-state index in [0.29, 0.717) is 22.6 Å². The van der Waals surface area contributed by atoms with Crippen LogP contribution in [0.3, 0.4) is 0 Å². The van der Waals surface area contributed by atoms with E-state index in [4.69, 9.17) is 0 Å². The van der Waals surface area contributed by atoms with Crippen molar-refractivity contribution in [1.29, 1.82) is 0 Å². The van der Waals surface area contributed by atoms with Gasteiger partial charge in [-0.2, -0.15) is 0 Å². The highest BCUT2D eigenvalue weighted by Crippen LogP contribution is 2.26. The Balaban J connectivity index is 1.83. The fourth-order valence-electron chi connectivity index (χ4n) is 3.28. The number of carbonyl (C=O) groups is 1. The van der Waals surface area contributed by atoms with E-state index in [1.165, 1.54) is 12.5 Å². The van der Waals surface area contributed by atoms with Gasteiger partial charge < -0.3 is 4.90 Å². The van der Waals surface area contributed by atoms with E-state index in [9.17, 15) is 13.2 Å². The first-order chi connectivity index (χ1) is 10.4. The van der Waals surface area contributed by atoms with Crippen LogP contribution in [0.25, 0.3) is 0 Å². The Morgan fingerprint density at radius 1 is 1.27 bits per heavy atom. The van der Waals surface area contributed by atoms with Gasteiger partial charge in [0.2, 0.25) is 0 Å². The Labute approximate surface area is 139 Å². The van der Waals surface area contributed by atoms with Crippen LogP contribution in [0.4, 0.5) is 0 Å². The van der Waals surface area contributed by atoms with Crippen LogP contribution < -0.4 is 0 Å². The Morgan fingerprint density at radius 2 is 2.05 bits per heavy atom. The van der Waals surface area contributed by atoms with Crippen LogP contribution in [-0.2, 0) is 9.84 Å². The molecule has 2 aliphatic rings. The zero-order chi connectivity index (χ0) is 15.9. The molecule has 1 aromatic rings. The average Bonchev–Trinajstić information content (AvgIpc) is 2.93. The van der Waals surface area contributed by atoms with Crippen LogP contribution in [-0.4, -0.2) is 62.6 Å². The second-order valence-electron chi connectivity index (χ2n) is 6.00. The maximum Gasteiger partial charge on any atom is 0.253 e. The normalized spacial score (nSPS) is 22.6. The predicted molar refractivity (Wildman–Crippen MR) is 87.8 cm³/mol. The highest BCUT2D eigenvalue weighted by molar-refractivity contribution is 9.10. The summed E-state index contributed by atoms with van der Waals surface area (Å²) in [7, 11) is -3.36. The Kier molecular flexibility index (Phi) is 4.31. The van der Waals surface area contributed by atoms with Crippen LogP contribution in [0.1, 0.15) is 23.2 Å². The third kappa shape index (κ3) is 3.07. The molecule has 1 unspecified atom stereocenters. The molecule has 1 atom stereocenters. The quantitative estimate of drug-likeness (QED) is 0.776. The fourth-order valence-corrected chi connectivity index (χ4v) is 5.17. The van der Waals surface area contributed by atoms with Crippen molar-refractivity contribution in [2.45, 2.75) is 23.8 Å². The first-order valence-electron chi connectivity index (χ1n) is 7.39. The maximum atomic E-state index is 12.7. The van der Waals surface area contributed by atoms with Gasteiger partial charge in [-0.05, 0) is 53.5 Å². The number of sulfone groups is 1. The summed E-state index contributed by atoms with van der Waals surface area (Å²) >= 11 is 3.24. The summed E-state index contributed by atoms with van der Waals surface area (Å²) in [4.78, 5) is 17.1. The van der Waals surface area contributed by atoms with Crippen LogP contribution in [0.5, 0.6) is 0 Å². The van der Waals surface area contributed by atoms with E-state index in [-0.39, 0.29) is 10.8 Å². The lowest BCUT2D eigenvalue weighted by molar-refractivity contribution is 0.0571. The summed E-state index contributed by atoms with van der Waals surface area (Å²) in [6.45, 7) is 3.48. The zero-order valence-corrected chi connectivity index (χ0v) is 14.9. The molecule has 0 spiro atoms. The number of hydrogen-bond donors (Lipinski definition) is 0. The summed E-state index contributed by atoms with van der Waals surface area (Å²) < 4.78 is 24.1. The van der Waals surface area contributed by atoms with Gasteiger partial charge in [0, 0.05) is 42.0 Å². The number of rotatable bonds is 2. The number of carbonyl (C=O) groups excluding carboxylic acids is 1. The molecule has 3 rings (SSSR count). The minimum atomic E-state index is -3.36. The van der Waals surface area contributed by atoms with Crippen LogP contribution in [0, 0.1) is 0 Å². The molecule has 0 aromatic heterocycles. The molecule has 1 amide bonds. The number of nitrogens with zero attached hydrogens (tertiary/aromatic N) is 2. The van der Waals surface area contributed by atoms with E-state index >= 15 is 0 Å². The van der Waals surface area contributed by atoms with Gasteiger partial charge in [0.25, 0.3) is 5.91 Å². The third-order valence-corrected chi connectivity index (χ3v) is 6.54. The highest BCUT2D eigenvalue weighted by atomic mass is 79.9. The molecule has 1 aromatic carbocycles. The van der Waals surface area contributed by atoms with Crippen molar-refractivity contribution in [1.82, 2.24) is 9.80 Å². The largest absolute Gasteiger partial charge is 0.336 e. The molecule has 0 aliphatic carbocycles. The molecule has 22 heavy (non-hydrogen) atoms. The smallest absolute Gasteiger partial charge is 0.253 e. The first kappa shape index (κ1) is 16.0. The van der Waals surface area contributed by atoms with Gasteiger partial charge in [-0.3, -0.25) is 9.69 Å². The molecule has 5 nitrogen and oxygen atoms in total. The lowest BCUT2D eigenvalue weighted by atomic mass is 10.1. The molecule has 2 fully saturated rings. The van der Waals surface area contributed by atoms with Crippen molar-refractivity contribution in [3.63, 3.8) is 0 Å². The minimum Gasteiger partial charge on any atom is -0.336 e. The number of benzene rings is 1. The number of halogens is 1. The van der Waals surface area contributed by atoms with Crippen molar-refractivity contribution in [3.05, 3.63) is 28.2 Å². The molecule has 0 bridgehead atoms. The number of hydrogen-bond acceptors (Lipinski definition) is 4. The van der Waals surface area contributed by atoms with Crippen molar-refractivity contribution >= 4 is 31.7 Å². The van der Waals surface area contributed by atoms with Crippen molar-refractivity contribution in [2.75, 3.05) is 32.4 Å². The maximum absolute atomic E-state index is 12.7. The SMILES string of the molecule is CS(=O)(=O)c1cc(C(=O)N2CCN3CCCC3C2)ccc1Br. The van der Waals surface area contributed by atoms with Gasteiger partial charge in [-0.1, -0.05) is 0 Å². The van der Waals surface area contributed by atoms with Crippen LogP contribution >= 0.6 is 15.9 Å². The molecule has 0 radical (unpaired) electrons. The minimum absolute atomic E-state index is 0.0797. The van der Waals surface area contributed by atoms with Crippen LogP contribution in [0.15, 0.2) is 27.6 Å². The predicted octanol–water partition coefficient (Wildman–Crippen LogP) is 1.77. The Hall–Kier alpha value is -0.920. The standard InChI is InChI=1S/C15H19BrN2O3S/c1-22(20,21)14-9-11(4-5-13(14)16)15(19)18-8-7-17-6-2-3-12(17)10-18/h4-5,9,12H,2-3,6-8,10H2,1H3. The van der Waals surface area contributed by atoms with Gasteiger partial charge in [0.15, 0.2) is 9.84 Å². The zero-order valence-electron chi connectivity index (χ0n) is 12.5. The highest BCUT2D eigenvalue weighted by Gasteiger charge is 2.33. The number of piperazine rings is 1. The molecule has 7 heteroatoms. The van der Waals surface area contributed by atoms with Gasteiger partial charge in [-0.25, -0.2) is 8.42 Å². The number of fused-ring (bicyclic) bond motifs is 1. The van der Waals surface area contributed by atoms with E-state index in [1.807, 2.05) is 4.90 Å². The number of amides is 1. The van der Waals surface area contributed by atoms with E-state index in [1.54, 1.807) is 12.1 Å². The topological polar surface area (TPSA) is 57.7 Å². The monoisotopic (exact) mass is 386 g/mol. The van der Waals surface area contributed by atoms with Crippen molar-refractivity contribution in [2.24, 2.45) is 0 Å². The second-order valence-corrected chi connectivity index (χ2v) is 8.84. The van der Waals surface area contributed by atoms with E-state index in [2.05, 4.69) is 20.8 Å². The molecule has 2 aliphatic heterocycles. The average molecular weight is 387 g/mol. The third-order valence-electron chi connectivity index (χ3n) is 4.45. The van der Waals surface area contributed by atoms with Crippen LogP contribution in [0.2, 0.25) is 0 Å². The van der Waals surface area contributed by atoms with Crippen molar-refractivity contribution in [3.8, 4) is 0 Å². The van der Waals surface area contributed by atoms with Gasteiger partial charge >= 0.3 is 0 Å². The van der Waals surface area contributed by atoms with Gasteiger partial charge in [0.05, 0.1) is 4.90 Å². The van der Waals surface area contributed by atoms with E-state index < -0.39 is 9.84 Å². The van der Waals surface area contributed by atoms with Gasteiger partial charge in [-0.15, -0.1) is 0 Å². The fraction of sp³-hybridized carbons (Fsp3) is 0.533. The van der Waals surface area contributed by atoms with E-state index in [0.717, 1.165) is 32.3 Å². The molecular formula is C15H19BrN2O3S. The van der Waals surface area contributed by atoms with Crippen molar-refractivity contribution < 1.29 is 13.2 Å². The lowest BCUT2D eigenvalue weighted by Crippen LogP contribution is -2.52. The Morgan fingerprint density at radius 3 is 2.77 bits per heavy atom. The molecule has 0 N–H and O–H groups in total. The summed E-state index contributed by atoms with van der Waals surface area (Å²) in [5, 5.41) is 0. The first-order valence-corrected chi connectivity index (χ1v) is 10.1. The lowest BCUT2D eigenvalue weighted by Gasteiger charge is -2.37. The summed E-state index contributed by atoms with van der Waals surface area (Å²) in [6.07, 6.45) is 3.49. The summed E-state index contributed by atoms with van der Waals surface area (Å²) in [5.41, 5.74) is 0.440. The second kappa shape index (κ2) is 5.94. The molecule has 120 valence electrons. The summed E-state index contributed by atoms with van der Waals surface area (Å²) in [5.74, 6) is -0.0797. The molecule has 2 heterocycles. The summed E-state index contributed by atoms with van der Waals surface area (Å²) in [6, 6.07) is 5.25. The van der Waals surface area contributed by atoms with Gasteiger partial charge in [0.1, 0.15) is 0 Å². The molecule has 2 saturated heterocycles. The molecular weight excluding hydrogens is 368 g/mol. The Bertz CT molecular complexity index is 705.